The molecule has 2 heteroatoms. The van der Waals surface area contributed by atoms with Gasteiger partial charge >= 0.3 is 5.97 Å². The molecule has 0 aromatic rings. The largest absolute Gasteiger partial charge is 0.469 e. The van der Waals surface area contributed by atoms with Crippen molar-refractivity contribution in [3.05, 3.63) is 0 Å². The highest BCUT2D eigenvalue weighted by atomic mass is 16.5. The standard InChI is InChI=1S/C9H14O2/c1-11-8(10)9(5-6-9)7-3-2-4-7/h7H,2-6H2,1H3. The van der Waals surface area contributed by atoms with Gasteiger partial charge in [0.05, 0.1) is 12.5 Å². The normalized spacial score (nSPS) is 27.4. The van der Waals surface area contributed by atoms with Gasteiger partial charge in [-0.3, -0.25) is 4.79 Å². The molecule has 11 heavy (non-hydrogen) atoms. The maximum atomic E-state index is 11.3. The summed E-state index contributed by atoms with van der Waals surface area (Å²) >= 11 is 0. The van der Waals surface area contributed by atoms with E-state index in [-0.39, 0.29) is 11.4 Å². The molecule has 2 nitrogen and oxygen atoms in total. The first kappa shape index (κ1) is 7.14. The average molecular weight is 154 g/mol. The van der Waals surface area contributed by atoms with E-state index in [9.17, 15) is 4.79 Å². The number of esters is 1. The van der Waals surface area contributed by atoms with Crippen molar-refractivity contribution >= 4 is 5.97 Å². The number of ether oxygens (including phenoxy) is 1. The molecule has 2 aliphatic carbocycles. The predicted octanol–water partition coefficient (Wildman–Crippen LogP) is 1.74. The van der Waals surface area contributed by atoms with E-state index >= 15 is 0 Å². The van der Waals surface area contributed by atoms with Gasteiger partial charge in [-0.2, -0.15) is 0 Å². The first-order chi connectivity index (χ1) is 5.29. The lowest BCUT2D eigenvalue weighted by Crippen LogP contribution is -2.31. The minimum absolute atomic E-state index is 0.00694. The Bertz CT molecular complexity index is 178. The highest BCUT2D eigenvalue weighted by molar-refractivity contribution is 5.80. The molecule has 2 fully saturated rings. The van der Waals surface area contributed by atoms with Gasteiger partial charge in [0.1, 0.15) is 0 Å². The van der Waals surface area contributed by atoms with Crippen LogP contribution in [-0.4, -0.2) is 13.1 Å². The molecule has 0 unspecified atom stereocenters. The van der Waals surface area contributed by atoms with E-state index < -0.39 is 0 Å². The second-order valence-electron chi connectivity index (χ2n) is 3.78. The molecule has 0 radical (unpaired) electrons. The van der Waals surface area contributed by atoms with Gasteiger partial charge in [-0.15, -0.1) is 0 Å². The third kappa shape index (κ3) is 0.883. The first-order valence-electron chi connectivity index (χ1n) is 4.38. The number of hydrogen-bond donors (Lipinski definition) is 0. The van der Waals surface area contributed by atoms with Gasteiger partial charge in [-0.1, -0.05) is 6.42 Å². The molecule has 0 amide bonds. The quantitative estimate of drug-likeness (QED) is 0.566. The van der Waals surface area contributed by atoms with Crippen LogP contribution in [0.4, 0.5) is 0 Å². The smallest absolute Gasteiger partial charge is 0.312 e. The maximum absolute atomic E-state index is 11.3. The van der Waals surface area contributed by atoms with Crippen LogP contribution in [0.2, 0.25) is 0 Å². The zero-order chi connectivity index (χ0) is 7.90. The van der Waals surface area contributed by atoms with Crippen molar-refractivity contribution in [2.75, 3.05) is 7.11 Å². The summed E-state index contributed by atoms with van der Waals surface area (Å²) in [5, 5.41) is 0. The van der Waals surface area contributed by atoms with Gasteiger partial charge in [-0.05, 0) is 31.6 Å². The Labute approximate surface area is 66.9 Å². The third-order valence-corrected chi connectivity index (χ3v) is 3.27. The molecule has 0 aromatic heterocycles. The maximum Gasteiger partial charge on any atom is 0.312 e. The fourth-order valence-corrected chi connectivity index (χ4v) is 2.08. The lowest BCUT2D eigenvalue weighted by molar-refractivity contribution is -0.150. The van der Waals surface area contributed by atoms with Crippen LogP contribution in [0.15, 0.2) is 0 Å². The van der Waals surface area contributed by atoms with Crippen LogP contribution in [0.3, 0.4) is 0 Å². The van der Waals surface area contributed by atoms with Gasteiger partial charge in [0, 0.05) is 0 Å². The monoisotopic (exact) mass is 154 g/mol. The molecular formula is C9H14O2. The summed E-state index contributed by atoms with van der Waals surface area (Å²) in [4.78, 5) is 11.3. The first-order valence-corrected chi connectivity index (χ1v) is 4.38. The zero-order valence-corrected chi connectivity index (χ0v) is 6.93. The Morgan fingerprint density at radius 2 is 2.09 bits per heavy atom. The van der Waals surface area contributed by atoms with Gasteiger partial charge < -0.3 is 4.74 Å². The van der Waals surface area contributed by atoms with Crippen molar-refractivity contribution < 1.29 is 9.53 Å². The van der Waals surface area contributed by atoms with Crippen molar-refractivity contribution in [2.24, 2.45) is 11.3 Å². The van der Waals surface area contributed by atoms with Crippen molar-refractivity contribution in [3.8, 4) is 0 Å². The summed E-state index contributed by atoms with van der Waals surface area (Å²) < 4.78 is 4.80. The average Bonchev–Trinajstić information content (AvgIpc) is 2.64. The van der Waals surface area contributed by atoms with E-state index in [1.54, 1.807) is 0 Å². The van der Waals surface area contributed by atoms with Crippen LogP contribution in [0.1, 0.15) is 32.1 Å². The van der Waals surface area contributed by atoms with Crippen LogP contribution < -0.4 is 0 Å². The van der Waals surface area contributed by atoms with Crippen molar-refractivity contribution in [2.45, 2.75) is 32.1 Å². The summed E-state index contributed by atoms with van der Waals surface area (Å²) in [6, 6.07) is 0. The Morgan fingerprint density at radius 3 is 2.36 bits per heavy atom. The second-order valence-corrected chi connectivity index (χ2v) is 3.78. The van der Waals surface area contributed by atoms with Crippen LogP contribution in [0, 0.1) is 11.3 Å². The predicted molar refractivity (Wildman–Crippen MR) is 41.0 cm³/mol. The molecule has 0 atom stereocenters. The summed E-state index contributed by atoms with van der Waals surface area (Å²) in [6.45, 7) is 0. The number of hydrogen-bond acceptors (Lipinski definition) is 2. The molecule has 62 valence electrons. The van der Waals surface area contributed by atoms with E-state index in [1.165, 1.54) is 26.4 Å². The number of carbonyl (C=O) groups is 1. The summed E-state index contributed by atoms with van der Waals surface area (Å²) in [5.41, 5.74) is -0.00694. The molecule has 2 aliphatic rings. The molecule has 0 saturated heterocycles. The molecule has 2 saturated carbocycles. The second kappa shape index (κ2) is 2.23. The molecule has 0 aromatic carbocycles. The highest BCUT2D eigenvalue weighted by Gasteiger charge is 2.57. The van der Waals surface area contributed by atoms with E-state index in [2.05, 4.69) is 0 Å². The van der Waals surface area contributed by atoms with E-state index in [0.29, 0.717) is 5.92 Å². The van der Waals surface area contributed by atoms with Gasteiger partial charge in [-0.25, -0.2) is 0 Å². The van der Waals surface area contributed by atoms with Gasteiger partial charge in [0.15, 0.2) is 0 Å². The van der Waals surface area contributed by atoms with E-state index in [1.807, 2.05) is 0 Å². The lowest BCUT2D eigenvalue weighted by atomic mass is 9.73. The summed E-state index contributed by atoms with van der Waals surface area (Å²) in [6.07, 6.45) is 5.95. The molecule has 0 N–H and O–H groups in total. The lowest BCUT2D eigenvalue weighted by Gasteiger charge is -2.31. The fraction of sp³-hybridized carbons (Fsp3) is 0.889. The van der Waals surface area contributed by atoms with Crippen molar-refractivity contribution in [1.82, 2.24) is 0 Å². The molecule has 0 heterocycles. The van der Waals surface area contributed by atoms with Crippen LogP contribution >= 0.6 is 0 Å². The molecule has 0 aliphatic heterocycles. The van der Waals surface area contributed by atoms with E-state index in [0.717, 1.165) is 12.8 Å². The number of rotatable bonds is 2. The fourth-order valence-electron chi connectivity index (χ4n) is 2.08. The van der Waals surface area contributed by atoms with E-state index in [4.69, 9.17) is 4.74 Å². The topological polar surface area (TPSA) is 26.3 Å². The Hall–Kier alpha value is -0.530. The number of methoxy groups -OCH3 is 1. The van der Waals surface area contributed by atoms with Gasteiger partial charge in [0.2, 0.25) is 0 Å². The third-order valence-electron chi connectivity index (χ3n) is 3.27. The Kier molecular flexibility index (Phi) is 1.44. The highest BCUT2D eigenvalue weighted by Crippen LogP contribution is 2.59. The number of carbonyl (C=O) groups excluding carboxylic acids is 1. The molecule has 0 spiro atoms. The summed E-state index contributed by atoms with van der Waals surface area (Å²) in [5.74, 6) is 0.706. The Balaban J connectivity index is 2.03. The van der Waals surface area contributed by atoms with Crippen LogP contribution in [-0.2, 0) is 9.53 Å². The van der Waals surface area contributed by atoms with Crippen LogP contribution in [0.5, 0.6) is 0 Å². The van der Waals surface area contributed by atoms with Crippen molar-refractivity contribution in [3.63, 3.8) is 0 Å². The molecular weight excluding hydrogens is 140 g/mol. The van der Waals surface area contributed by atoms with Crippen LogP contribution in [0.25, 0.3) is 0 Å². The summed E-state index contributed by atoms with van der Waals surface area (Å²) in [7, 11) is 1.50. The molecule has 0 bridgehead atoms. The Morgan fingerprint density at radius 1 is 1.45 bits per heavy atom. The minimum Gasteiger partial charge on any atom is -0.469 e. The van der Waals surface area contributed by atoms with Gasteiger partial charge in [0.25, 0.3) is 0 Å². The minimum atomic E-state index is -0.00694. The zero-order valence-electron chi connectivity index (χ0n) is 6.93. The molecule has 2 rings (SSSR count). The SMILES string of the molecule is COC(=O)C1(C2CCC2)CC1. The van der Waals surface area contributed by atoms with Crippen molar-refractivity contribution in [1.29, 1.82) is 0 Å².